The summed E-state index contributed by atoms with van der Waals surface area (Å²) >= 11 is 0. The molecule has 0 aliphatic rings. The van der Waals surface area contributed by atoms with E-state index in [0.29, 0.717) is 31.1 Å². The number of hydrogen-bond donors (Lipinski definition) is 1. The summed E-state index contributed by atoms with van der Waals surface area (Å²) in [5.74, 6) is 0.0818. The van der Waals surface area contributed by atoms with Crippen molar-refractivity contribution >= 4 is 11.9 Å². The van der Waals surface area contributed by atoms with E-state index in [1.54, 1.807) is 0 Å². The number of rotatable bonds is 7. The molecule has 23 heavy (non-hydrogen) atoms. The summed E-state index contributed by atoms with van der Waals surface area (Å²) in [5.41, 5.74) is 1.10. The normalized spacial score (nSPS) is 10.7. The average molecular weight is 315 g/mol. The SMILES string of the molecule is COC(=O)/C=C/C(=O)NCCc1nc(Cc2ccccc2)no1. The molecule has 0 atom stereocenters. The average Bonchev–Trinajstić information content (AvgIpc) is 3.01. The van der Waals surface area contributed by atoms with Crippen LogP contribution in [0.1, 0.15) is 17.3 Å². The maximum Gasteiger partial charge on any atom is 0.330 e. The molecule has 1 heterocycles. The summed E-state index contributed by atoms with van der Waals surface area (Å²) in [5, 5.41) is 6.51. The van der Waals surface area contributed by atoms with Crippen LogP contribution in [0.5, 0.6) is 0 Å². The molecule has 0 spiro atoms. The van der Waals surface area contributed by atoms with Crippen molar-refractivity contribution in [1.29, 1.82) is 0 Å². The van der Waals surface area contributed by atoms with E-state index >= 15 is 0 Å². The van der Waals surface area contributed by atoms with Crippen LogP contribution in [-0.2, 0) is 27.2 Å². The number of carbonyl (C=O) groups excluding carboxylic acids is 2. The van der Waals surface area contributed by atoms with Crippen molar-refractivity contribution in [2.24, 2.45) is 0 Å². The lowest BCUT2D eigenvalue weighted by molar-refractivity contribution is -0.135. The molecule has 0 fully saturated rings. The second-order valence-electron chi connectivity index (χ2n) is 4.66. The summed E-state index contributed by atoms with van der Waals surface area (Å²) in [6, 6.07) is 9.83. The molecular formula is C16H17N3O4. The van der Waals surface area contributed by atoms with Crippen LogP contribution in [0.3, 0.4) is 0 Å². The summed E-state index contributed by atoms with van der Waals surface area (Å²) in [6.45, 7) is 0.331. The Morgan fingerprint density at radius 3 is 2.78 bits per heavy atom. The number of nitrogens with one attached hydrogen (secondary N) is 1. The minimum atomic E-state index is -0.581. The zero-order valence-corrected chi connectivity index (χ0v) is 12.7. The van der Waals surface area contributed by atoms with E-state index in [9.17, 15) is 9.59 Å². The fraction of sp³-hybridized carbons (Fsp3) is 0.250. The monoisotopic (exact) mass is 315 g/mol. The van der Waals surface area contributed by atoms with Crippen molar-refractivity contribution < 1.29 is 18.8 Å². The highest BCUT2D eigenvalue weighted by atomic mass is 16.5. The van der Waals surface area contributed by atoms with Gasteiger partial charge in [0, 0.05) is 31.5 Å². The zero-order chi connectivity index (χ0) is 16.5. The molecule has 1 aromatic heterocycles. The van der Waals surface area contributed by atoms with Gasteiger partial charge in [-0.15, -0.1) is 0 Å². The van der Waals surface area contributed by atoms with Crippen molar-refractivity contribution in [3.05, 3.63) is 59.8 Å². The first-order valence-electron chi connectivity index (χ1n) is 7.06. The van der Waals surface area contributed by atoms with Crippen LogP contribution in [0.15, 0.2) is 47.0 Å². The molecule has 1 amide bonds. The first kappa shape index (κ1) is 16.4. The minimum absolute atomic E-state index is 0.331. The molecule has 1 aromatic carbocycles. The van der Waals surface area contributed by atoms with Crippen LogP contribution in [0.4, 0.5) is 0 Å². The van der Waals surface area contributed by atoms with Gasteiger partial charge >= 0.3 is 5.97 Å². The second-order valence-corrected chi connectivity index (χ2v) is 4.66. The van der Waals surface area contributed by atoms with Crippen LogP contribution in [-0.4, -0.2) is 35.7 Å². The number of benzene rings is 1. The third-order valence-electron chi connectivity index (χ3n) is 2.93. The number of nitrogens with zero attached hydrogens (tertiary/aromatic N) is 2. The predicted molar refractivity (Wildman–Crippen MR) is 81.4 cm³/mol. The Bertz CT molecular complexity index is 680. The van der Waals surface area contributed by atoms with Gasteiger partial charge in [-0.05, 0) is 5.56 Å². The lowest BCUT2D eigenvalue weighted by atomic mass is 10.1. The van der Waals surface area contributed by atoms with Crippen LogP contribution in [0, 0.1) is 0 Å². The largest absolute Gasteiger partial charge is 0.466 e. The smallest absolute Gasteiger partial charge is 0.330 e. The molecule has 1 N–H and O–H groups in total. The quantitative estimate of drug-likeness (QED) is 0.606. The highest BCUT2D eigenvalue weighted by Crippen LogP contribution is 2.06. The standard InChI is InChI=1S/C16H17N3O4/c1-22-16(21)8-7-14(20)17-10-9-15-18-13(19-23-15)11-12-5-3-2-4-6-12/h2-8H,9-11H2,1H3,(H,17,20)/b8-7+. The van der Waals surface area contributed by atoms with Gasteiger partial charge < -0.3 is 14.6 Å². The van der Waals surface area contributed by atoms with E-state index in [1.165, 1.54) is 7.11 Å². The molecular weight excluding hydrogens is 298 g/mol. The summed E-state index contributed by atoms with van der Waals surface area (Å²) in [7, 11) is 1.24. The highest BCUT2D eigenvalue weighted by molar-refractivity contribution is 5.94. The van der Waals surface area contributed by atoms with E-state index in [-0.39, 0.29) is 5.91 Å². The Morgan fingerprint density at radius 2 is 2.04 bits per heavy atom. The van der Waals surface area contributed by atoms with Crippen LogP contribution in [0.25, 0.3) is 0 Å². The molecule has 0 unspecified atom stereocenters. The molecule has 7 heteroatoms. The van der Waals surface area contributed by atoms with Gasteiger partial charge in [0.1, 0.15) is 0 Å². The van der Waals surface area contributed by atoms with Crippen LogP contribution >= 0.6 is 0 Å². The number of aromatic nitrogens is 2. The third-order valence-corrected chi connectivity index (χ3v) is 2.93. The van der Waals surface area contributed by atoms with Gasteiger partial charge in [-0.1, -0.05) is 35.5 Å². The first-order chi connectivity index (χ1) is 11.2. The van der Waals surface area contributed by atoms with E-state index in [0.717, 1.165) is 17.7 Å². The number of hydrogen-bond acceptors (Lipinski definition) is 6. The number of esters is 1. The Kier molecular flexibility index (Phi) is 6.05. The molecule has 7 nitrogen and oxygen atoms in total. The van der Waals surface area contributed by atoms with Crippen molar-refractivity contribution in [1.82, 2.24) is 15.5 Å². The van der Waals surface area contributed by atoms with Gasteiger partial charge in [-0.2, -0.15) is 4.98 Å². The molecule has 0 aliphatic carbocycles. The molecule has 0 saturated heterocycles. The van der Waals surface area contributed by atoms with Gasteiger partial charge in [-0.3, -0.25) is 4.79 Å². The van der Waals surface area contributed by atoms with Crippen molar-refractivity contribution in [2.45, 2.75) is 12.8 Å². The van der Waals surface area contributed by atoms with Gasteiger partial charge in [0.15, 0.2) is 5.82 Å². The number of ether oxygens (including phenoxy) is 1. The Labute approximate surface area is 133 Å². The summed E-state index contributed by atoms with van der Waals surface area (Å²) in [4.78, 5) is 26.5. The Morgan fingerprint density at radius 1 is 1.26 bits per heavy atom. The number of amides is 1. The van der Waals surface area contributed by atoms with Gasteiger partial charge in [0.2, 0.25) is 11.8 Å². The predicted octanol–water partition coefficient (Wildman–Crippen LogP) is 1.05. The second kappa shape index (κ2) is 8.47. The zero-order valence-electron chi connectivity index (χ0n) is 12.7. The molecule has 0 radical (unpaired) electrons. The maximum absolute atomic E-state index is 11.4. The fourth-order valence-corrected chi connectivity index (χ4v) is 1.81. The minimum Gasteiger partial charge on any atom is -0.466 e. The van der Waals surface area contributed by atoms with Crippen LogP contribution in [0.2, 0.25) is 0 Å². The van der Waals surface area contributed by atoms with E-state index in [4.69, 9.17) is 4.52 Å². The van der Waals surface area contributed by atoms with Crippen molar-refractivity contribution in [3.63, 3.8) is 0 Å². The Balaban J connectivity index is 1.76. The van der Waals surface area contributed by atoms with Gasteiger partial charge in [-0.25, -0.2) is 4.79 Å². The first-order valence-corrected chi connectivity index (χ1v) is 7.06. The van der Waals surface area contributed by atoms with Crippen LogP contribution < -0.4 is 5.32 Å². The van der Waals surface area contributed by atoms with E-state index < -0.39 is 5.97 Å². The Hall–Kier alpha value is -2.96. The maximum atomic E-state index is 11.4. The van der Waals surface area contributed by atoms with E-state index in [1.807, 2.05) is 30.3 Å². The van der Waals surface area contributed by atoms with Gasteiger partial charge in [0.25, 0.3) is 0 Å². The molecule has 120 valence electrons. The summed E-state index contributed by atoms with van der Waals surface area (Å²) in [6.07, 6.45) is 3.18. The van der Waals surface area contributed by atoms with Crippen molar-refractivity contribution in [2.75, 3.05) is 13.7 Å². The van der Waals surface area contributed by atoms with Gasteiger partial charge in [0.05, 0.1) is 7.11 Å². The number of methoxy groups -OCH3 is 1. The molecule has 2 aromatic rings. The molecule has 0 bridgehead atoms. The summed E-state index contributed by atoms with van der Waals surface area (Å²) < 4.78 is 9.52. The topological polar surface area (TPSA) is 94.3 Å². The molecule has 0 saturated carbocycles. The fourth-order valence-electron chi connectivity index (χ4n) is 1.81. The molecule has 2 rings (SSSR count). The van der Waals surface area contributed by atoms with Crippen molar-refractivity contribution in [3.8, 4) is 0 Å². The number of carbonyl (C=O) groups is 2. The third kappa shape index (κ3) is 5.74. The lowest BCUT2D eigenvalue weighted by Crippen LogP contribution is -2.24. The molecule has 0 aliphatic heterocycles. The lowest BCUT2D eigenvalue weighted by Gasteiger charge is -1.98. The highest BCUT2D eigenvalue weighted by Gasteiger charge is 2.07. The van der Waals surface area contributed by atoms with E-state index in [2.05, 4.69) is 20.2 Å².